The second-order valence-corrected chi connectivity index (χ2v) is 4.70. The van der Waals surface area contributed by atoms with Crippen molar-refractivity contribution in [2.24, 2.45) is 0 Å². The third-order valence-electron chi connectivity index (χ3n) is 3.40. The maximum atomic E-state index is 5.36. The Morgan fingerprint density at radius 1 is 0.800 bits per heavy atom. The number of aromatic nitrogens is 3. The molecule has 0 unspecified atom stereocenters. The van der Waals surface area contributed by atoms with Crippen molar-refractivity contribution in [2.45, 2.75) is 0 Å². The molecule has 2 saturated heterocycles. The van der Waals surface area contributed by atoms with E-state index in [4.69, 9.17) is 9.47 Å². The van der Waals surface area contributed by atoms with Crippen molar-refractivity contribution in [2.75, 3.05) is 62.4 Å². The molecule has 108 valence electrons. The number of hydrogen-bond donors (Lipinski definition) is 0. The highest BCUT2D eigenvalue weighted by molar-refractivity contribution is 5.46. The van der Waals surface area contributed by atoms with Gasteiger partial charge in [-0.05, 0) is 6.08 Å². The Morgan fingerprint density at radius 2 is 1.25 bits per heavy atom. The predicted molar refractivity (Wildman–Crippen MR) is 76.0 cm³/mol. The van der Waals surface area contributed by atoms with Crippen LogP contribution in [0.4, 0.5) is 11.9 Å². The van der Waals surface area contributed by atoms with E-state index >= 15 is 0 Å². The number of hydrogen-bond acceptors (Lipinski definition) is 7. The highest BCUT2D eigenvalue weighted by atomic mass is 16.5. The van der Waals surface area contributed by atoms with Crippen LogP contribution in [0.2, 0.25) is 0 Å². The molecule has 0 spiro atoms. The van der Waals surface area contributed by atoms with Gasteiger partial charge in [-0.1, -0.05) is 6.58 Å². The van der Waals surface area contributed by atoms with E-state index in [1.807, 2.05) is 0 Å². The fraction of sp³-hybridized carbons (Fsp3) is 0.615. The Hall–Kier alpha value is -1.73. The minimum Gasteiger partial charge on any atom is -0.378 e. The first-order valence-electron chi connectivity index (χ1n) is 6.91. The second kappa shape index (κ2) is 6.15. The largest absolute Gasteiger partial charge is 0.378 e. The van der Waals surface area contributed by atoms with E-state index in [0.717, 1.165) is 26.2 Å². The molecule has 0 bridgehead atoms. The molecule has 0 amide bonds. The topological polar surface area (TPSA) is 63.6 Å². The van der Waals surface area contributed by atoms with Crippen LogP contribution < -0.4 is 9.80 Å². The summed E-state index contributed by atoms with van der Waals surface area (Å²) in [4.78, 5) is 17.7. The molecule has 2 aliphatic heterocycles. The average molecular weight is 277 g/mol. The van der Waals surface area contributed by atoms with E-state index in [1.54, 1.807) is 6.08 Å². The highest BCUT2D eigenvalue weighted by Gasteiger charge is 2.19. The molecule has 2 aliphatic rings. The van der Waals surface area contributed by atoms with Crippen molar-refractivity contribution in [3.63, 3.8) is 0 Å². The summed E-state index contributed by atoms with van der Waals surface area (Å²) in [6.45, 7) is 9.84. The smallest absolute Gasteiger partial charge is 0.230 e. The zero-order valence-electron chi connectivity index (χ0n) is 11.5. The van der Waals surface area contributed by atoms with Gasteiger partial charge in [-0.2, -0.15) is 15.0 Å². The first-order chi connectivity index (χ1) is 9.86. The number of ether oxygens (including phenoxy) is 2. The van der Waals surface area contributed by atoms with Crippen LogP contribution in [0, 0.1) is 0 Å². The number of rotatable bonds is 3. The van der Waals surface area contributed by atoms with Crippen molar-refractivity contribution >= 4 is 18.0 Å². The minimum atomic E-state index is 0.614. The summed E-state index contributed by atoms with van der Waals surface area (Å²) < 4.78 is 10.7. The van der Waals surface area contributed by atoms with Gasteiger partial charge in [0.25, 0.3) is 0 Å². The zero-order valence-corrected chi connectivity index (χ0v) is 11.5. The molecule has 20 heavy (non-hydrogen) atoms. The van der Waals surface area contributed by atoms with Gasteiger partial charge in [0, 0.05) is 26.2 Å². The fourth-order valence-electron chi connectivity index (χ4n) is 2.27. The van der Waals surface area contributed by atoms with E-state index in [1.165, 1.54) is 0 Å². The third-order valence-corrected chi connectivity index (χ3v) is 3.40. The van der Waals surface area contributed by atoms with Gasteiger partial charge in [-0.3, -0.25) is 0 Å². The molecular weight excluding hydrogens is 258 g/mol. The van der Waals surface area contributed by atoms with Crippen LogP contribution in [0.5, 0.6) is 0 Å². The van der Waals surface area contributed by atoms with Crippen molar-refractivity contribution in [3.8, 4) is 0 Å². The molecule has 0 aliphatic carbocycles. The summed E-state index contributed by atoms with van der Waals surface area (Å²) in [5.41, 5.74) is 0. The summed E-state index contributed by atoms with van der Waals surface area (Å²) in [6, 6.07) is 0. The summed E-state index contributed by atoms with van der Waals surface area (Å²) in [6.07, 6.45) is 1.66. The van der Waals surface area contributed by atoms with Crippen LogP contribution in [0.3, 0.4) is 0 Å². The molecule has 0 atom stereocenters. The van der Waals surface area contributed by atoms with Gasteiger partial charge in [0.1, 0.15) is 0 Å². The van der Waals surface area contributed by atoms with E-state index in [-0.39, 0.29) is 0 Å². The van der Waals surface area contributed by atoms with Gasteiger partial charge in [0.05, 0.1) is 26.4 Å². The maximum Gasteiger partial charge on any atom is 0.230 e. The Balaban J connectivity index is 1.87. The number of nitrogens with zero attached hydrogens (tertiary/aromatic N) is 5. The Bertz CT molecular complexity index is 434. The summed E-state index contributed by atoms with van der Waals surface area (Å²) >= 11 is 0. The first kappa shape index (κ1) is 13.3. The van der Waals surface area contributed by atoms with Gasteiger partial charge in [-0.25, -0.2) is 0 Å². The van der Waals surface area contributed by atoms with Crippen LogP contribution in [0.1, 0.15) is 5.82 Å². The Kier molecular flexibility index (Phi) is 4.08. The van der Waals surface area contributed by atoms with Crippen LogP contribution in [0.25, 0.3) is 6.08 Å². The van der Waals surface area contributed by atoms with Crippen LogP contribution in [-0.4, -0.2) is 67.6 Å². The van der Waals surface area contributed by atoms with Crippen molar-refractivity contribution in [3.05, 3.63) is 12.4 Å². The monoisotopic (exact) mass is 277 g/mol. The molecule has 0 radical (unpaired) electrons. The lowest BCUT2D eigenvalue weighted by Gasteiger charge is -2.30. The molecule has 3 heterocycles. The van der Waals surface area contributed by atoms with Gasteiger partial charge in [0.15, 0.2) is 5.82 Å². The Morgan fingerprint density at radius 3 is 1.65 bits per heavy atom. The van der Waals surface area contributed by atoms with Gasteiger partial charge >= 0.3 is 0 Å². The summed E-state index contributed by atoms with van der Waals surface area (Å²) in [5.74, 6) is 2.03. The van der Waals surface area contributed by atoms with Crippen molar-refractivity contribution < 1.29 is 9.47 Å². The van der Waals surface area contributed by atoms with Gasteiger partial charge in [-0.15, -0.1) is 0 Å². The van der Waals surface area contributed by atoms with Crippen LogP contribution in [-0.2, 0) is 9.47 Å². The normalized spacial score (nSPS) is 20.0. The molecule has 0 N–H and O–H groups in total. The average Bonchev–Trinajstić information content (AvgIpc) is 2.56. The van der Waals surface area contributed by atoms with E-state index < -0.39 is 0 Å². The molecule has 0 aromatic carbocycles. The Labute approximate surface area is 118 Å². The summed E-state index contributed by atoms with van der Waals surface area (Å²) in [5, 5.41) is 0. The minimum absolute atomic E-state index is 0.614. The van der Waals surface area contributed by atoms with Crippen molar-refractivity contribution in [1.82, 2.24) is 15.0 Å². The molecule has 7 heteroatoms. The first-order valence-corrected chi connectivity index (χ1v) is 6.91. The molecule has 3 rings (SSSR count). The molecule has 1 aromatic rings. The molecular formula is C13H19N5O2. The fourth-order valence-corrected chi connectivity index (χ4v) is 2.27. The summed E-state index contributed by atoms with van der Waals surface area (Å²) in [7, 11) is 0. The quantitative estimate of drug-likeness (QED) is 0.781. The maximum absolute atomic E-state index is 5.36. The molecule has 2 fully saturated rings. The highest BCUT2D eigenvalue weighted by Crippen LogP contribution is 2.16. The zero-order chi connectivity index (χ0) is 13.8. The third kappa shape index (κ3) is 2.88. The molecule has 0 saturated carbocycles. The number of morpholine rings is 2. The molecule has 7 nitrogen and oxygen atoms in total. The van der Waals surface area contributed by atoms with Gasteiger partial charge in [0.2, 0.25) is 11.9 Å². The molecule has 1 aromatic heterocycles. The van der Waals surface area contributed by atoms with E-state index in [2.05, 4.69) is 31.3 Å². The SMILES string of the molecule is C=Cc1nc(N2CCOCC2)nc(N2CCOCC2)n1. The predicted octanol–water partition coefficient (Wildman–Crippen LogP) is 0.188. The van der Waals surface area contributed by atoms with E-state index in [0.29, 0.717) is 44.1 Å². The lowest BCUT2D eigenvalue weighted by atomic mass is 10.4. The van der Waals surface area contributed by atoms with Crippen molar-refractivity contribution in [1.29, 1.82) is 0 Å². The van der Waals surface area contributed by atoms with Gasteiger partial charge < -0.3 is 19.3 Å². The lowest BCUT2D eigenvalue weighted by molar-refractivity contribution is 0.121. The van der Waals surface area contributed by atoms with E-state index in [9.17, 15) is 0 Å². The number of anilines is 2. The standard InChI is InChI=1S/C13H19N5O2/c1-2-11-14-12(17-3-7-19-8-4-17)16-13(15-11)18-5-9-20-10-6-18/h2H,1,3-10H2. The second-order valence-electron chi connectivity index (χ2n) is 4.70. The van der Waals surface area contributed by atoms with Crippen LogP contribution >= 0.6 is 0 Å². The lowest BCUT2D eigenvalue weighted by Crippen LogP contribution is -2.40. The van der Waals surface area contributed by atoms with Crippen LogP contribution in [0.15, 0.2) is 6.58 Å².